The third-order valence-corrected chi connectivity index (χ3v) is 3.85. The smallest absolute Gasteiger partial charge is 0.351 e. The maximum Gasteiger partial charge on any atom is 0.351 e. The minimum Gasteiger partial charge on any atom is -0.394 e. The molecule has 2 rings (SSSR count). The van der Waals surface area contributed by atoms with Gasteiger partial charge >= 0.3 is 5.69 Å². The number of ether oxygens (including phenoxy) is 1. The standard InChI is InChI=1S/C11H17N3O4S/c1-2-19-8-4-14(11(17)13-10(8)12)9-3-6(16)7(5-15)18-9/h4,6-7,9,15-16H,2-3,5H2,1H3,(H2,12,13,17)/t6-,7+,9+/m1/s1. The molecule has 0 unspecified atom stereocenters. The van der Waals surface area contributed by atoms with E-state index in [1.807, 2.05) is 6.92 Å². The van der Waals surface area contributed by atoms with Gasteiger partial charge in [-0.1, -0.05) is 6.92 Å². The average molecular weight is 287 g/mol. The molecule has 0 saturated carbocycles. The van der Waals surface area contributed by atoms with Crippen LogP contribution in [0.1, 0.15) is 19.6 Å². The molecule has 7 nitrogen and oxygen atoms in total. The van der Waals surface area contributed by atoms with E-state index < -0.39 is 24.1 Å². The van der Waals surface area contributed by atoms with E-state index >= 15 is 0 Å². The summed E-state index contributed by atoms with van der Waals surface area (Å²) in [5.41, 5.74) is 5.16. The monoisotopic (exact) mass is 287 g/mol. The molecule has 1 saturated heterocycles. The van der Waals surface area contributed by atoms with Gasteiger partial charge in [-0.25, -0.2) is 4.79 Å². The molecule has 1 aromatic heterocycles. The van der Waals surface area contributed by atoms with Crippen LogP contribution < -0.4 is 11.4 Å². The van der Waals surface area contributed by atoms with Crippen LogP contribution in [0.15, 0.2) is 15.9 Å². The Morgan fingerprint density at radius 3 is 3.00 bits per heavy atom. The van der Waals surface area contributed by atoms with Crippen molar-refractivity contribution in [2.75, 3.05) is 18.1 Å². The fraction of sp³-hybridized carbons (Fsp3) is 0.636. The van der Waals surface area contributed by atoms with E-state index in [0.29, 0.717) is 4.90 Å². The number of anilines is 1. The number of hydrogen-bond donors (Lipinski definition) is 3. The molecule has 0 spiro atoms. The third kappa shape index (κ3) is 2.92. The first kappa shape index (κ1) is 14.3. The number of hydrogen-bond acceptors (Lipinski definition) is 7. The van der Waals surface area contributed by atoms with Gasteiger partial charge < -0.3 is 20.7 Å². The first-order valence-corrected chi connectivity index (χ1v) is 7.01. The van der Waals surface area contributed by atoms with Crippen molar-refractivity contribution in [3.05, 3.63) is 16.7 Å². The number of aliphatic hydroxyl groups is 2. The van der Waals surface area contributed by atoms with Crippen LogP contribution in [-0.4, -0.2) is 44.3 Å². The van der Waals surface area contributed by atoms with Crippen LogP contribution >= 0.6 is 11.8 Å². The van der Waals surface area contributed by atoms with Crippen molar-refractivity contribution in [2.45, 2.75) is 36.7 Å². The lowest BCUT2D eigenvalue weighted by Crippen LogP contribution is -2.28. The Labute approximate surface area is 114 Å². The minimum absolute atomic E-state index is 0.199. The molecule has 0 aliphatic carbocycles. The second-order valence-corrected chi connectivity index (χ2v) is 5.53. The predicted octanol–water partition coefficient (Wildman–Crippen LogP) is -0.422. The Morgan fingerprint density at radius 2 is 2.42 bits per heavy atom. The molecule has 1 aliphatic rings. The first-order valence-electron chi connectivity index (χ1n) is 6.02. The average Bonchev–Trinajstić information content (AvgIpc) is 2.74. The zero-order valence-corrected chi connectivity index (χ0v) is 11.3. The molecule has 2 heterocycles. The van der Waals surface area contributed by atoms with Crippen molar-refractivity contribution in [2.24, 2.45) is 0 Å². The molecule has 3 atom stereocenters. The predicted molar refractivity (Wildman–Crippen MR) is 70.9 cm³/mol. The molecule has 19 heavy (non-hydrogen) atoms. The number of thioether (sulfide) groups is 1. The largest absolute Gasteiger partial charge is 0.394 e. The van der Waals surface area contributed by atoms with Crippen LogP contribution in [0.5, 0.6) is 0 Å². The Morgan fingerprint density at radius 1 is 1.68 bits per heavy atom. The summed E-state index contributed by atoms with van der Waals surface area (Å²) in [6, 6.07) is 0. The second-order valence-electron chi connectivity index (χ2n) is 4.23. The quantitative estimate of drug-likeness (QED) is 0.645. The third-order valence-electron chi connectivity index (χ3n) is 2.94. The van der Waals surface area contributed by atoms with E-state index in [2.05, 4.69) is 4.98 Å². The van der Waals surface area contributed by atoms with Crippen LogP contribution in [0.3, 0.4) is 0 Å². The maximum atomic E-state index is 11.8. The van der Waals surface area contributed by atoms with Crippen molar-refractivity contribution < 1.29 is 14.9 Å². The topological polar surface area (TPSA) is 111 Å². The lowest BCUT2D eigenvalue weighted by atomic mass is 10.2. The van der Waals surface area contributed by atoms with Gasteiger partial charge in [0.1, 0.15) is 18.1 Å². The summed E-state index contributed by atoms with van der Waals surface area (Å²) in [5, 5.41) is 18.7. The summed E-state index contributed by atoms with van der Waals surface area (Å²) in [5.74, 6) is 1.00. The van der Waals surface area contributed by atoms with Gasteiger partial charge in [0.05, 0.1) is 17.6 Å². The van der Waals surface area contributed by atoms with Crippen molar-refractivity contribution >= 4 is 17.6 Å². The molecule has 8 heteroatoms. The summed E-state index contributed by atoms with van der Waals surface area (Å²) in [7, 11) is 0. The SMILES string of the molecule is CCSc1cn([C@@H]2C[C@@H](O)[C@H](CO)O2)c(=O)nc1N. The highest BCUT2D eigenvalue weighted by atomic mass is 32.2. The highest BCUT2D eigenvalue weighted by Crippen LogP contribution is 2.29. The summed E-state index contributed by atoms with van der Waals surface area (Å²) in [6.07, 6.45) is -0.245. The molecule has 1 aliphatic heterocycles. The number of rotatable bonds is 4. The van der Waals surface area contributed by atoms with E-state index in [0.717, 1.165) is 5.75 Å². The fourth-order valence-corrected chi connectivity index (χ4v) is 2.68. The minimum atomic E-state index is -0.790. The van der Waals surface area contributed by atoms with E-state index in [1.54, 1.807) is 6.20 Å². The Balaban J connectivity index is 2.30. The van der Waals surface area contributed by atoms with Gasteiger partial charge in [0, 0.05) is 12.6 Å². The highest BCUT2D eigenvalue weighted by molar-refractivity contribution is 7.99. The van der Waals surface area contributed by atoms with E-state index in [1.165, 1.54) is 16.3 Å². The van der Waals surface area contributed by atoms with Gasteiger partial charge in [0.25, 0.3) is 0 Å². The van der Waals surface area contributed by atoms with Crippen LogP contribution in [0.2, 0.25) is 0 Å². The molecule has 0 radical (unpaired) electrons. The van der Waals surface area contributed by atoms with Crippen LogP contribution in [0, 0.1) is 0 Å². The highest BCUT2D eigenvalue weighted by Gasteiger charge is 2.35. The van der Waals surface area contributed by atoms with Gasteiger partial charge in [0.2, 0.25) is 0 Å². The Hall–Kier alpha value is -1.09. The number of aromatic nitrogens is 2. The summed E-state index contributed by atoms with van der Waals surface area (Å²) in [6.45, 7) is 1.68. The van der Waals surface area contributed by atoms with E-state index in [9.17, 15) is 9.90 Å². The number of aliphatic hydroxyl groups excluding tert-OH is 2. The van der Waals surface area contributed by atoms with Gasteiger partial charge in [-0.3, -0.25) is 4.57 Å². The van der Waals surface area contributed by atoms with E-state index in [4.69, 9.17) is 15.6 Å². The molecule has 0 bridgehead atoms. The lowest BCUT2D eigenvalue weighted by molar-refractivity contribution is -0.0460. The van der Waals surface area contributed by atoms with Gasteiger partial charge in [-0.2, -0.15) is 4.98 Å². The summed E-state index contributed by atoms with van der Waals surface area (Å²) < 4.78 is 6.75. The fourth-order valence-electron chi connectivity index (χ4n) is 1.99. The first-order chi connectivity index (χ1) is 9.06. The molecule has 4 N–H and O–H groups in total. The molecular weight excluding hydrogens is 270 g/mol. The Bertz CT molecular complexity index is 507. The number of nitrogens with two attached hydrogens (primary N) is 1. The normalized spacial score (nSPS) is 26.8. The summed E-state index contributed by atoms with van der Waals surface area (Å²) in [4.78, 5) is 16.3. The second kappa shape index (κ2) is 5.91. The van der Waals surface area contributed by atoms with Crippen LogP contribution in [0.25, 0.3) is 0 Å². The number of nitrogen functional groups attached to an aromatic ring is 1. The van der Waals surface area contributed by atoms with E-state index in [-0.39, 0.29) is 18.8 Å². The zero-order valence-electron chi connectivity index (χ0n) is 10.5. The van der Waals surface area contributed by atoms with Gasteiger partial charge in [0.15, 0.2) is 0 Å². The van der Waals surface area contributed by atoms with Crippen LogP contribution in [-0.2, 0) is 4.74 Å². The Kier molecular flexibility index (Phi) is 4.46. The molecule has 106 valence electrons. The van der Waals surface area contributed by atoms with Crippen molar-refractivity contribution in [1.29, 1.82) is 0 Å². The van der Waals surface area contributed by atoms with Crippen molar-refractivity contribution in [3.8, 4) is 0 Å². The molecule has 1 fully saturated rings. The maximum absolute atomic E-state index is 11.8. The van der Waals surface area contributed by atoms with Crippen molar-refractivity contribution in [1.82, 2.24) is 9.55 Å². The van der Waals surface area contributed by atoms with Gasteiger partial charge in [-0.05, 0) is 5.75 Å². The van der Waals surface area contributed by atoms with Crippen molar-refractivity contribution in [3.63, 3.8) is 0 Å². The zero-order chi connectivity index (χ0) is 14.0. The molecule has 0 amide bonds. The lowest BCUT2D eigenvalue weighted by Gasteiger charge is -2.15. The summed E-state index contributed by atoms with van der Waals surface area (Å²) >= 11 is 1.48. The molecule has 1 aromatic rings. The van der Waals surface area contributed by atoms with Crippen LogP contribution in [0.4, 0.5) is 5.82 Å². The molecule has 0 aromatic carbocycles. The molecular formula is C11H17N3O4S. The van der Waals surface area contributed by atoms with Gasteiger partial charge in [-0.15, -0.1) is 11.8 Å². The number of nitrogens with zero attached hydrogens (tertiary/aromatic N) is 2.